The third-order valence-electron chi connectivity index (χ3n) is 4.72. The zero-order chi connectivity index (χ0) is 19.1. The van der Waals surface area contributed by atoms with E-state index >= 15 is 0 Å². The lowest BCUT2D eigenvalue weighted by molar-refractivity contribution is -0.0587. The van der Waals surface area contributed by atoms with Gasteiger partial charge in [-0.1, -0.05) is 37.3 Å². The molecule has 0 aliphatic carbocycles. The molecule has 6 nitrogen and oxygen atoms in total. The summed E-state index contributed by atoms with van der Waals surface area (Å²) >= 11 is 1.59. The summed E-state index contributed by atoms with van der Waals surface area (Å²) in [4.78, 5) is 19.6. The fraction of sp³-hybridized carbons (Fsp3) is 0.450. The van der Waals surface area contributed by atoms with Crippen LogP contribution in [0.1, 0.15) is 49.8 Å². The average Bonchev–Trinajstić information content (AvgIpc) is 3.24. The summed E-state index contributed by atoms with van der Waals surface area (Å²) in [5, 5.41) is 5.45. The van der Waals surface area contributed by atoms with Crippen molar-refractivity contribution in [3.05, 3.63) is 41.7 Å². The largest absolute Gasteiger partial charge is 0.372 e. The fourth-order valence-electron chi connectivity index (χ4n) is 3.52. The van der Waals surface area contributed by atoms with Gasteiger partial charge in [-0.2, -0.15) is 5.10 Å². The Balaban J connectivity index is 1.71. The predicted molar refractivity (Wildman–Crippen MR) is 107 cm³/mol. The maximum atomic E-state index is 13.1. The predicted octanol–water partition coefficient (Wildman–Crippen LogP) is 3.85. The number of hydrogen-bond donors (Lipinski definition) is 0. The highest BCUT2D eigenvalue weighted by atomic mass is 32.1. The molecule has 3 heterocycles. The van der Waals surface area contributed by atoms with Crippen molar-refractivity contribution in [2.75, 3.05) is 13.1 Å². The van der Waals surface area contributed by atoms with Gasteiger partial charge in [-0.15, -0.1) is 0 Å². The number of aromatic nitrogens is 3. The minimum atomic E-state index is -0.0428. The Morgan fingerprint density at radius 3 is 2.59 bits per heavy atom. The third-order valence-corrected chi connectivity index (χ3v) is 5.73. The number of rotatable bonds is 3. The van der Waals surface area contributed by atoms with Crippen molar-refractivity contribution in [2.45, 2.75) is 45.8 Å². The van der Waals surface area contributed by atoms with Crippen LogP contribution >= 0.6 is 11.3 Å². The van der Waals surface area contributed by atoms with E-state index in [0.29, 0.717) is 18.8 Å². The van der Waals surface area contributed by atoms with Crippen molar-refractivity contribution < 1.29 is 9.53 Å². The van der Waals surface area contributed by atoms with E-state index < -0.39 is 0 Å². The summed E-state index contributed by atoms with van der Waals surface area (Å²) in [6.45, 7) is 9.38. The molecule has 3 aromatic rings. The van der Waals surface area contributed by atoms with Gasteiger partial charge in [0.2, 0.25) is 5.13 Å². The summed E-state index contributed by atoms with van der Waals surface area (Å²) in [7, 11) is 0. The summed E-state index contributed by atoms with van der Waals surface area (Å²) in [6, 6.07) is 9.94. The maximum Gasteiger partial charge on any atom is 0.274 e. The van der Waals surface area contributed by atoms with Crippen molar-refractivity contribution in [3.8, 4) is 5.13 Å². The quantitative estimate of drug-likeness (QED) is 0.688. The van der Waals surface area contributed by atoms with Crippen molar-refractivity contribution in [1.29, 1.82) is 0 Å². The van der Waals surface area contributed by atoms with Gasteiger partial charge < -0.3 is 9.64 Å². The molecule has 1 aliphatic rings. The van der Waals surface area contributed by atoms with Crippen LogP contribution in [-0.2, 0) is 4.74 Å². The van der Waals surface area contributed by atoms with E-state index in [-0.39, 0.29) is 24.0 Å². The second-order valence-electron chi connectivity index (χ2n) is 7.45. The van der Waals surface area contributed by atoms with Gasteiger partial charge in [-0.05, 0) is 38.0 Å². The first-order valence-corrected chi connectivity index (χ1v) is 10.1. The molecule has 2 aromatic heterocycles. The van der Waals surface area contributed by atoms with Gasteiger partial charge in [0.05, 0.1) is 28.1 Å². The van der Waals surface area contributed by atoms with Gasteiger partial charge in [0.1, 0.15) is 0 Å². The second kappa shape index (κ2) is 7.05. The number of nitrogens with zero attached hydrogens (tertiary/aromatic N) is 4. The second-order valence-corrected chi connectivity index (χ2v) is 8.46. The number of benzene rings is 1. The van der Waals surface area contributed by atoms with Gasteiger partial charge in [0.25, 0.3) is 5.91 Å². The number of carbonyl (C=O) groups excluding carboxylic acids is 1. The van der Waals surface area contributed by atoms with Crippen LogP contribution in [-0.4, -0.2) is 50.9 Å². The molecule has 1 amide bonds. The molecule has 0 saturated carbocycles. The average molecular weight is 385 g/mol. The van der Waals surface area contributed by atoms with Gasteiger partial charge in [-0.25, -0.2) is 9.67 Å². The number of carbonyl (C=O) groups is 1. The van der Waals surface area contributed by atoms with Crippen LogP contribution in [0.5, 0.6) is 0 Å². The highest BCUT2D eigenvalue weighted by Crippen LogP contribution is 2.28. The van der Waals surface area contributed by atoms with Crippen LogP contribution in [0.15, 0.2) is 30.3 Å². The normalized spacial score (nSPS) is 20.6. The minimum absolute atomic E-state index is 0.0358. The Morgan fingerprint density at radius 2 is 1.93 bits per heavy atom. The van der Waals surface area contributed by atoms with E-state index in [1.807, 2.05) is 47.7 Å². The molecule has 7 heteroatoms. The Bertz CT molecular complexity index is 934. The van der Waals surface area contributed by atoms with E-state index in [1.165, 1.54) is 0 Å². The number of amides is 1. The molecule has 0 spiro atoms. The molecule has 4 rings (SSSR count). The lowest BCUT2D eigenvalue weighted by atomic mass is 10.1. The summed E-state index contributed by atoms with van der Waals surface area (Å²) in [5.41, 5.74) is 2.41. The molecule has 1 saturated heterocycles. The first kappa shape index (κ1) is 18.1. The zero-order valence-electron chi connectivity index (χ0n) is 16.0. The molecule has 0 bridgehead atoms. The lowest BCUT2D eigenvalue weighted by Crippen LogP contribution is -2.48. The highest BCUT2D eigenvalue weighted by molar-refractivity contribution is 7.20. The third kappa shape index (κ3) is 3.49. The van der Waals surface area contributed by atoms with Crippen LogP contribution in [0.2, 0.25) is 0 Å². The smallest absolute Gasteiger partial charge is 0.274 e. The molecular formula is C20H24N4O2S. The molecule has 142 valence electrons. The van der Waals surface area contributed by atoms with Crippen LogP contribution in [0.3, 0.4) is 0 Å². The molecule has 1 fully saturated rings. The summed E-state index contributed by atoms with van der Waals surface area (Å²) in [6.07, 6.45) is 0.0715. The molecule has 2 atom stereocenters. The Morgan fingerprint density at radius 1 is 1.22 bits per heavy atom. The molecule has 27 heavy (non-hydrogen) atoms. The number of para-hydroxylation sites is 1. The Kier molecular flexibility index (Phi) is 4.74. The number of fused-ring (bicyclic) bond motifs is 1. The Hall–Kier alpha value is -2.25. The number of morpholine rings is 1. The van der Waals surface area contributed by atoms with Crippen LogP contribution in [0.4, 0.5) is 0 Å². The number of hydrogen-bond acceptors (Lipinski definition) is 5. The fourth-order valence-corrected chi connectivity index (χ4v) is 4.46. The minimum Gasteiger partial charge on any atom is -0.372 e. The van der Waals surface area contributed by atoms with Crippen molar-refractivity contribution >= 4 is 27.5 Å². The van der Waals surface area contributed by atoms with Crippen molar-refractivity contribution in [1.82, 2.24) is 19.7 Å². The number of thiazole rings is 1. The first-order valence-electron chi connectivity index (χ1n) is 9.33. The van der Waals surface area contributed by atoms with Crippen molar-refractivity contribution in [2.24, 2.45) is 0 Å². The topological polar surface area (TPSA) is 60.3 Å². The van der Waals surface area contributed by atoms with Gasteiger partial charge >= 0.3 is 0 Å². The lowest BCUT2D eigenvalue weighted by Gasteiger charge is -2.34. The van der Waals surface area contributed by atoms with Gasteiger partial charge in [0.15, 0.2) is 5.69 Å². The maximum absolute atomic E-state index is 13.1. The molecule has 1 aliphatic heterocycles. The molecular weight excluding hydrogens is 360 g/mol. The SMILES string of the molecule is CC(C)c1cc(C(=O)N2C[C@@H](C)O[C@@H](C)C2)nn1-c1nc2ccccc2s1. The van der Waals surface area contributed by atoms with Gasteiger partial charge in [0, 0.05) is 13.1 Å². The zero-order valence-corrected chi connectivity index (χ0v) is 16.9. The molecule has 0 radical (unpaired) electrons. The van der Waals surface area contributed by atoms with Crippen molar-refractivity contribution in [3.63, 3.8) is 0 Å². The first-order chi connectivity index (χ1) is 12.9. The molecule has 1 aromatic carbocycles. The summed E-state index contributed by atoms with van der Waals surface area (Å²) in [5.74, 6) is 0.187. The van der Waals surface area contributed by atoms with Crippen LogP contribution in [0.25, 0.3) is 15.3 Å². The summed E-state index contributed by atoms with van der Waals surface area (Å²) < 4.78 is 8.69. The van der Waals surface area contributed by atoms with E-state index in [0.717, 1.165) is 21.0 Å². The van der Waals surface area contributed by atoms with E-state index in [9.17, 15) is 4.79 Å². The highest BCUT2D eigenvalue weighted by Gasteiger charge is 2.29. The van der Waals surface area contributed by atoms with Crippen LogP contribution in [0, 0.1) is 0 Å². The van der Waals surface area contributed by atoms with E-state index in [1.54, 1.807) is 11.3 Å². The molecule has 0 N–H and O–H groups in total. The Labute approximate surface area is 162 Å². The monoisotopic (exact) mass is 384 g/mol. The standard InChI is InChI=1S/C20H24N4O2S/c1-12(2)17-9-16(19(25)23-10-13(3)26-14(4)11-23)22-24(17)20-21-15-7-5-6-8-18(15)27-20/h5-9,12-14H,10-11H2,1-4H3/t13-,14+. The van der Waals surface area contributed by atoms with Crippen LogP contribution < -0.4 is 0 Å². The van der Waals surface area contributed by atoms with E-state index in [2.05, 4.69) is 25.0 Å². The van der Waals surface area contributed by atoms with Gasteiger partial charge in [-0.3, -0.25) is 4.79 Å². The number of ether oxygens (including phenoxy) is 1. The molecule has 0 unspecified atom stereocenters. The van der Waals surface area contributed by atoms with E-state index in [4.69, 9.17) is 9.72 Å².